The van der Waals surface area contributed by atoms with Crippen LogP contribution < -0.4 is 0 Å². The minimum Gasteiger partial charge on any atom is -0.498 e. The van der Waals surface area contributed by atoms with E-state index in [-0.39, 0.29) is 42.5 Å². The molecule has 18 unspecified atom stereocenters. The predicted molar refractivity (Wildman–Crippen MR) is 457 cm³/mol. The molecule has 0 amide bonds. The number of unbranched alkanes of at least 4 members (excludes halogenated alkanes) is 1. The molecule has 10 fully saturated rings. The average Bonchev–Trinajstić information content (AvgIpc) is 1.63. The van der Waals surface area contributed by atoms with Crippen molar-refractivity contribution in [2.75, 3.05) is 13.2 Å². The Morgan fingerprint density at radius 1 is 0.449 bits per heavy atom. The molecule has 9 saturated carbocycles. The molecule has 0 radical (unpaired) electrons. The fourth-order valence-electron chi connectivity index (χ4n) is 24.9. The number of allylic oxidation sites excluding steroid dienone is 14. The Hall–Kier alpha value is -3.38. The summed E-state index contributed by atoms with van der Waals surface area (Å²) in [6.45, 7) is 47.3. The second-order valence-corrected chi connectivity index (χ2v) is 40.0. The van der Waals surface area contributed by atoms with E-state index in [1.165, 1.54) is 202 Å². The molecule has 0 aromatic carbocycles. The van der Waals surface area contributed by atoms with Crippen molar-refractivity contribution < 1.29 is 23.7 Å². The van der Waals surface area contributed by atoms with E-state index in [2.05, 4.69) is 178 Å². The summed E-state index contributed by atoms with van der Waals surface area (Å²) in [4.78, 5) is 0. The van der Waals surface area contributed by atoms with Crippen molar-refractivity contribution >= 4 is 0 Å². The van der Waals surface area contributed by atoms with Crippen LogP contribution in [0.1, 0.15) is 354 Å². The SMILES string of the molecule is C=C1CCC(O/C=C/COC2[C@H](CC)OC(CCC/C=C/CC3CCC(C)/C(=C\C=C4\CCCC5(C)C4CCC5C(C)CCCC(C)C)C3)[C@@H](CC)[C@@H]2OC/C=C/OC2CCC(=C)/C(=C\C=C3/CCCC4(C)C3CCC4C(C)CCCC(C)C)C2)C/C1=C/C=C1/CCCC2(C)C1CCC2C(C)CCCC(C)C. The maximum absolute atomic E-state index is 7.21. The first-order valence-corrected chi connectivity index (χ1v) is 46.2. The van der Waals surface area contributed by atoms with Gasteiger partial charge >= 0.3 is 0 Å². The quantitative estimate of drug-likeness (QED) is 0.0355. The molecule has 10 rings (SSSR count). The van der Waals surface area contributed by atoms with E-state index in [9.17, 15) is 0 Å². The zero-order valence-electron chi connectivity index (χ0n) is 72.0. The molecule has 1 saturated heterocycles. The molecule has 1 aliphatic heterocycles. The van der Waals surface area contributed by atoms with Gasteiger partial charge in [-0.15, -0.1) is 0 Å². The summed E-state index contributed by atoms with van der Waals surface area (Å²) in [5.74, 6) is 11.4. The molecule has 5 heteroatoms. The summed E-state index contributed by atoms with van der Waals surface area (Å²) < 4.78 is 34.6. The third-order valence-electron chi connectivity index (χ3n) is 31.3. The lowest BCUT2D eigenvalue weighted by Crippen LogP contribution is -2.56. The second-order valence-electron chi connectivity index (χ2n) is 40.0. The molecule has 0 spiro atoms. The molecule has 9 aliphatic carbocycles. The van der Waals surface area contributed by atoms with Crippen molar-refractivity contribution in [2.24, 2.45) is 105 Å². The first-order valence-electron chi connectivity index (χ1n) is 46.2. The molecule has 602 valence electrons. The van der Waals surface area contributed by atoms with Crippen LogP contribution in [-0.2, 0) is 23.7 Å². The van der Waals surface area contributed by atoms with Crippen molar-refractivity contribution in [2.45, 2.75) is 391 Å². The maximum Gasteiger partial charge on any atom is 0.111 e. The van der Waals surface area contributed by atoms with Crippen LogP contribution in [0.25, 0.3) is 0 Å². The first kappa shape index (κ1) is 86.0. The highest BCUT2D eigenvalue weighted by Crippen LogP contribution is 2.63. The maximum atomic E-state index is 7.21. The van der Waals surface area contributed by atoms with Gasteiger partial charge in [-0.2, -0.15) is 0 Å². The molecule has 10 aliphatic rings. The third-order valence-corrected chi connectivity index (χ3v) is 31.3. The van der Waals surface area contributed by atoms with Crippen LogP contribution in [0.2, 0.25) is 0 Å². The van der Waals surface area contributed by atoms with Crippen LogP contribution >= 0.6 is 0 Å². The van der Waals surface area contributed by atoms with Gasteiger partial charge in [0.1, 0.15) is 18.3 Å². The average molecular weight is 1470 g/mol. The van der Waals surface area contributed by atoms with Gasteiger partial charge in [-0.3, -0.25) is 0 Å². The minimum atomic E-state index is -0.198. The Bertz CT molecular complexity index is 3060. The van der Waals surface area contributed by atoms with Gasteiger partial charge in [-0.25, -0.2) is 0 Å². The molecule has 107 heavy (non-hydrogen) atoms. The third kappa shape index (κ3) is 22.8. The van der Waals surface area contributed by atoms with E-state index in [1.807, 2.05) is 12.5 Å². The smallest absolute Gasteiger partial charge is 0.111 e. The highest BCUT2D eigenvalue weighted by Gasteiger charge is 2.54. The Morgan fingerprint density at radius 3 is 1.33 bits per heavy atom. The number of hydrogen-bond acceptors (Lipinski definition) is 5. The lowest BCUT2D eigenvalue weighted by atomic mass is 9.60. The van der Waals surface area contributed by atoms with Crippen molar-refractivity contribution in [1.82, 2.24) is 0 Å². The predicted octanol–water partition coefficient (Wildman–Crippen LogP) is 29.4. The Morgan fingerprint density at radius 2 is 0.888 bits per heavy atom. The van der Waals surface area contributed by atoms with Crippen molar-refractivity contribution in [3.05, 3.63) is 131 Å². The van der Waals surface area contributed by atoms with Gasteiger partial charge in [0.2, 0.25) is 0 Å². The van der Waals surface area contributed by atoms with Gasteiger partial charge in [-0.05, 0) is 302 Å². The van der Waals surface area contributed by atoms with E-state index in [4.69, 9.17) is 23.7 Å². The van der Waals surface area contributed by atoms with Crippen molar-refractivity contribution in [3.63, 3.8) is 0 Å². The van der Waals surface area contributed by atoms with Crippen LogP contribution in [0.3, 0.4) is 0 Å². The number of fused-ring (bicyclic) bond motifs is 3. The molecule has 21 atom stereocenters. The molecule has 0 aromatic rings. The number of ether oxygens (including phenoxy) is 5. The van der Waals surface area contributed by atoms with Gasteiger partial charge in [0, 0.05) is 18.8 Å². The summed E-state index contributed by atoms with van der Waals surface area (Å²) in [5, 5.41) is 0. The molecule has 0 N–H and O–H groups in total. The van der Waals surface area contributed by atoms with E-state index < -0.39 is 0 Å². The summed E-state index contributed by atoms with van der Waals surface area (Å²) in [5.41, 5.74) is 13.6. The van der Waals surface area contributed by atoms with E-state index >= 15 is 0 Å². The summed E-state index contributed by atoms with van der Waals surface area (Å²) in [7, 11) is 0. The number of hydrogen-bond donors (Lipinski definition) is 0. The Labute approximate surface area is 660 Å². The van der Waals surface area contributed by atoms with E-state index in [0.717, 1.165) is 148 Å². The molecule has 5 nitrogen and oxygen atoms in total. The van der Waals surface area contributed by atoms with Crippen LogP contribution in [0.4, 0.5) is 0 Å². The number of rotatable bonds is 36. The lowest BCUT2D eigenvalue weighted by molar-refractivity contribution is -0.226. The van der Waals surface area contributed by atoms with Crippen molar-refractivity contribution in [3.8, 4) is 0 Å². The van der Waals surface area contributed by atoms with E-state index in [0.29, 0.717) is 35.4 Å². The molecule has 0 bridgehead atoms. The van der Waals surface area contributed by atoms with Gasteiger partial charge in [0.25, 0.3) is 0 Å². The Kier molecular flexibility index (Phi) is 33.4. The van der Waals surface area contributed by atoms with Crippen LogP contribution in [-0.4, -0.2) is 49.8 Å². The fraction of sp³-hybridized carbons (Fsp3) is 0.784. The normalized spacial score (nSPS) is 37.6. The van der Waals surface area contributed by atoms with Crippen LogP contribution in [0, 0.1) is 105 Å². The van der Waals surface area contributed by atoms with Gasteiger partial charge in [-0.1, -0.05) is 257 Å². The van der Waals surface area contributed by atoms with Crippen LogP contribution in [0.15, 0.2) is 131 Å². The van der Waals surface area contributed by atoms with Crippen molar-refractivity contribution in [1.29, 1.82) is 0 Å². The second kappa shape index (κ2) is 41.6. The van der Waals surface area contributed by atoms with Gasteiger partial charge in [0.15, 0.2) is 0 Å². The summed E-state index contributed by atoms with van der Waals surface area (Å²) in [6, 6.07) is 0. The summed E-state index contributed by atoms with van der Waals surface area (Å²) >= 11 is 0. The lowest BCUT2D eigenvalue weighted by Gasteiger charge is -2.46. The minimum absolute atomic E-state index is 0.0622. The first-order chi connectivity index (χ1) is 51.5. The zero-order valence-corrected chi connectivity index (χ0v) is 72.0. The topological polar surface area (TPSA) is 46.2 Å². The Balaban J connectivity index is 0.744. The molecular weight excluding hydrogens is 1310 g/mol. The largest absolute Gasteiger partial charge is 0.498 e. The molecule has 0 aromatic heterocycles. The fourth-order valence-corrected chi connectivity index (χ4v) is 24.9. The van der Waals surface area contributed by atoms with Gasteiger partial charge < -0.3 is 23.7 Å². The van der Waals surface area contributed by atoms with Crippen LogP contribution in [0.5, 0.6) is 0 Å². The standard InChI is InChI=1S/C102H164O5/c1-18-89-97(42-23-21-20-22-38-80-46-43-74(9)84(68-80)50-47-81-39-27-61-100(15)90(55-58-93(81)100)77(12)35-24-32-71(3)4)107-96(19-2)99(106-67-31-65-104-88-54-45-76(11)86(70-88)52-49-83-41-29-63-102(17)92(57-60-95(83)102)79(14)37-26-34-73(7)8)98(89)105-66-30-64-103-87-53-44-75(10)85(69-87)51-48-82-40-28-62-101(16)91(56-59-94(82)101)78(13)36-25-33-72(5)6/h20,22,30-31,47-52,64-65,71-74,77-80,87-99H,10-11,18-19,21,23-29,32-46,53-63,66-70H2,1-9,12-17H3/b22-20+,64-30+,65-31+,81-47-,82-48+,83-49-,84-50-,85-51-,86-52-/t74?,77?,78?,79?,80?,87?,88?,89-,90?,91?,92?,93?,94?,95?,96+,97?,98+,99?,100?,101?,102?/m1/s1. The summed E-state index contributed by atoms with van der Waals surface area (Å²) in [6.07, 6.45) is 77.2. The highest BCUT2D eigenvalue weighted by atomic mass is 16.6. The van der Waals surface area contributed by atoms with E-state index in [1.54, 1.807) is 22.3 Å². The monoisotopic (exact) mass is 1470 g/mol. The molecular formula is C102H164O5. The highest BCUT2D eigenvalue weighted by molar-refractivity contribution is 5.38. The van der Waals surface area contributed by atoms with Gasteiger partial charge in [0.05, 0.1) is 44.0 Å². The molecule has 1 heterocycles. The zero-order chi connectivity index (χ0) is 76.3.